The predicted octanol–water partition coefficient (Wildman–Crippen LogP) is 4.21. The Balaban J connectivity index is 1.99. The van der Waals surface area contributed by atoms with Gasteiger partial charge >= 0.3 is 0 Å². The average molecular weight is 296 g/mol. The van der Waals surface area contributed by atoms with E-state index in [0.717, 1.165) is 37.8 Å². The molecule has 0 heterocycles. The summed E-state index contributed by atoms with van der Waals surface area (Å²) in [5.41, 5.74) is 4.98. The van der Waals surface area contributed by atoms with Gasteiger partial charge in [0.2, 0.25) is 6.19 Å². The zero-order valence-corrected chi connectivity index (χ0v) is 13.7. The molecule has 22 heavy (non-hydrogen) atoms. The zero-order valence-electron chi connectivity index (χ0n) is 13.7. The quantitative estimate of drug-likeness (QED) is 0.767. The molecule has 3 heteroatoms. The van der Waals surface area contributed by atoms with Crippen LogP contribution in [0.2, 0.25) is 0 Å². The Morgan fingerprint density at radius 1 is 1.32 bits per heavy atom. The van der Waals surface area contributed by atoms with Crippen LogP contribution in [0.25, 0.3) is 0 Å². The molecule has 1 aromatic carbocycles. The minimum atomic E-state index is 0.0582. The third kappa shape index (κ3) is 2.46. The molecule has 1 fully saturated rings. The van der Waals surface area contributed by atoms with Crippen LogP contribution in [0.1, 0.15) is 62.1 Å². The number of nitrogens with zero attached hydrogens (tertiary/aromatic N) is 2. The molecule has 3 nitrogen and oxygen atoms in total. The highest BCUT2D eigenvalue weighted by Crippen LogP contribution is 2.48. The fraction of sp³-hybridized carbons (Fsp3) is 0.579. The van der Waals surface area contributed by atoms with E-state index in [0.29, 0.717) is 12.0 Å². The summed E-state index contributed by atoms with van der Waals surface area (Å²) in [6.07, 6.45) is 7.70. The van der Waals surface area contributed by atoms with Gasteiger partial charge in [0.25, 0.3) is 0 Å². The van der Waals surface area contributed by atoms with Gasteiger partial charge in [0, 0.05) is 18.1 Å². The van der Waals surface area contributed by atoms with E-state index < -0.39 is 0 Å². The molecule has 0 radical (unpaired) electrons. The number of methoxy groups -OCH3 is 1. The monoisotopic (exact) mass is 296 g/mol. The maximum Gasteiger partial charge on any atom is 0.205 e. The molecular formula is C19H24N2O. The van der Waals surface area contributed by atoms with Crippen molar-refractivity contribution < 1.29 is 4.74 Å². The van der Waals surface area contributed by atoms with Crippen molar-refractivity contribution >= 4 is 5.71 Å². The molecule has 1 spiro atoms. The first kappa shape index (κ1) is 15.2. The van der Waals surface area contributed by atoms with Gasteiger partial charge in [-0.3, -0.25) is 0 Å². The minimum absolute atomic E-state index is 0.0582. The number of fused-ring (bicyclic) bond motifs is 1. The Morgan fingerprint density at radius 3 is 2.64 bits per heavy atom. The summed E-state index contributed by atoms with van der Waals surface area (Å²) in [6, 6.07) is 6.73. The van der Waals surface area contributed by atoms with Crippen molar-refractivity contribution in [3.8, 4) is 6.19 Å². The molecule has 0 amide bonds. The minimum Gasteiger partial charge on any atom is -0.381 e. The summed E-state index contributed by atoms with van der Waals surface area (Å²) < 4.78 is 5.51. The molecule has 0 aromatic heterocycles. The molecule has 3 rings (SSSR count). The van der Waals surface area contributed by atoms with Crippen LogP contribution in [-0.2, 0) is 11.2 Å². The number of hydrogen-bond donors (Lipinski definition) is 0. The second kappa shape index (κ2) is 5.85. The maximum atomic E-state index is 9.18. The van der Waals surface area contributed by atoms with Gasteiger partial charge in [-0.2, -0.15) is 10.3 Å². The average Bonchev–Trinajstić information content (AvgIpc) is 2.81. The van der Waals surface area contributed by atoms with E-state index >= 15 is 0 Å². The molecule has 0 atom stereocenters. The highest BCUT2D eigenvalue weighted by molar-refractivity contribution is 6.09. The van der Waals surface area contributed by atoms with Crippen molar-refractivity contribution in [3.63, 3.8) is 0 Å². The number of hydrogen-bond acceptors (Lipinski definition) is 3. The summed E-state index contributed by atoms with van der Waals surface area (Å²) in [7, 11) is 1.80. The smallest absolute Gasteiger partial charge is 0.205 e. The van der Waals surface area contributed by atoms with Crippen LogP contribution < -0.4 is 0 Å². The van der Waals surface area contributed by atoms with Gasteiger partial charge in [-0.25, -0.2) is 0 Å². The number of rotatable bonds is 2. The Morgan fingerprint density at radius 2 is 2.05 bits per heavy atom. The molecule has 0 saturated heterocycles. The lowest BCUT2D eigenvalue weighted by atomic mass is 9.70. The summed E-state index contributed by atoms with van der Waals surface area (Å²) >= 11 is 0. The molecule has 1 aromatic rings. The van der Waals surface area contributed by atoms with Gasteiger partial charge in [0.05, 0.1) is 11.8 Å². The zero-order chi connectivity index (χ0) is 15.7. The van der Waals surface area contributed by atoms with Crippen molar-refractivity contribution in [2.45, 2.75) is 58.0 Å². The van der Waals surface area contributed by atoms with Crippen LogP contribution in [0.15, 0.2) is 23.2 Å². The van der Waals surface area contributed by atoms with Gasteiger partial charge in [0.1, 0.15) is 0 Å². The SMILES string of the molecule is CO[C@H]1CC[C@]2(CC1)Cc1ccc(C(C)C)cc1/C2=N\C#N. The second-order valence-corrected chi connectivity index (χ2v) is 7.02. The van der Waals surface area contributed by atoms with E-state index in [1.165, 1.54) is 16.7 Å². The van der Waals surface area contributed by atoms with Gasteiger partial charge in [-0.1, -0.05) is 26.0 Å². The summed E-state index contributed by atoms with van der Waals surface area (Å²) in [4.78, 5) is 4.27. The maximum absolute atomic E-state index is 9.18. The normalized spacial score (nSPS) is 29.0. The first-order valence-electron chi connectivity index (χ1n) is 8.23. The standard InChI is InChI=1S/C19H24N2O/c1-13(2)14-4-5-15-11-19(8-6-16(22-3)7-9-19)18(21-12-20)17(15)10-14/h4-5,10,13,16H,6-9,11H2,1-3H3/b21-18+/t16-,19-. The van der Waals surface area contributed by atoms with E-state index in [2.05, 4.69) is 43.2 Å². The number of aliphatic imine (C=N–C) groups is 1. The lowest BCUT2D eigenvalue weighted by molar-refractivity contribution is 0.0468. The molecule has 2 aliphatic rings. The molecule has 116 valence electrons. The van der Waals surface area contributed by atoms with E-state index in [9.17, 15) is 5.26 Å². The van der Waals surface area contributed by atoms with Crippen LogP contribution in [0.3, 0.4) is 0 Å². The molecule has 2 aliphatic carbocycles. The molecule has 0 bridgehead atoms. The number of ether oxygens (including phenoxy) is 1. The Kier molecular flexibility index (Phi) is 4.06. The van der Waals surface area contributed by atoms with Crippen molar-refractivity contribution in [2.24, 2.45) is 10.4 Å². The predicted molar refractivity (Wildman–Crippen MR) is 88.1 cm³/mol. The van der Waals surface area contributed by atoms with Crippen LogP contribution in [0.5, 0.6) is 0 Å². The summed E-state index contributed by atoms with van der Waals surface area (Å²) in [6.45, 7) is 4.41. The number of benzene rings is 1. The highest BCUT2D eigenvalue weighted by atomic mass is 16.5. The van der Waals surface area contributed by atoms with Crippen LogP contribution in [0.4, 0.5) is 0 Å². The Hall–Kier alpha value is -1.66. The van der Waals surface area contributed by atoms with E-state index in [1.807, 2.05) is 0 Å². The largest absolute Gasteiger partial charge is 0.381 e. The van der Waals surface area contributed by atoms with Gasteiger partial charge in [0.15, 0.2) is 0 Å². The fourth-order valence-corrected chi connectivity index (χ4v) is 4.08. The number of nitriles is 1. The van der Waals surface area contributed by atoms with Gasteiger partial charge in [-0.05, 0) is 55.2 Å². The van der Waals surface area contributed by atoms with Gasteiger partial charge in [-0.15, -0.1) is 0 Å². The summed E-state index contributed by atoms with van der Waals surface area (Å²) in [5, 5.41) is 9.18. The lowest BCUT2D eigenvalue weighted by Crippen LogP contribution is -2.35. The first-order valence-corrected chi connectivity index (χ1v) is 8.23. The van der Waals surface area contributed by atoms with Gasteiger partial charge < -0.3 is 4.74 Å². The topological polar surface area (TPSA) is 45.4 Å². The van der Waals surface area contributed by atoms with Crippen molar-refractivity contribution in [3.05, 3.63) is 34.9 Å². The second-order valence-electron chi connectivity index (χ2n) is 7.02. The molecule has 0 aliphatic heterocycles. The van der Waals surface area contributed by atoms with Crippen molar-refractivity contribution in [2.75, 3.05) is 7.11 Å². The van der Waals surface area contributed by atoms with E-state index in [4.69, 9.17) is 4.74 Å². The Bertz CT molecular complexity index is 631. The first-order chi connectivity index (χ1) is 10.6. The van der Waals surface area contributed by atoms with Crippen LogP contribution in [0, 0.1) is 16.9 Å². The van der Waals surface area contributed by atoms with Crippen LogP contribution in [-0.4, -0.2) is 18.9 Å². The third-order valence-corrected chi connectivity index (χ3v) is 5.47. The fourth-order valence-electron chi connectivity index (χ4n) is 4.08. The van der Waals surface area contributed by atoms with Crippen LogP contribution >= 0.6 is 0 Å². The third-order valence-electron chi connectivity index (χ3n) is 5.47. The molecule has 1 saturated carbocycles. The lowest BCUT2D eigenvalue weighted by Gasteiger charge is -2.36. The molecule has 0 N–H and O–H groups in total. The highest BCUT2D eigenvalue weighted by Gasteiger charge is 2.45. The van der Waals surface area contributed by atoms with E-state index in [-0.39, 0.29) is 5.41 Å². The molecule has 0 unspecified atom stereocenters. The Labute approximate surface area is 133 Å². The summed E-state index contributed by atoms with van der Waals surface area (Å²) in [5.74, 6) is 0.495. The van der Waals surface area contributed by atoms with E-state index in [1.54, 1.807) is 7.11 Å². The van der Waals surface area contributed by atoms with Crippen molar-refractivity contribution in [1.82, 2.24) is 0 Å². The van der Waals surface area contributed by atoms with Crippen molar-refractivity contribution in [1.29, 1.82) is 5.26 Å². The molecular weight excluding hydrogens is 272 g/mol.